The number of anilines is 2. The number of nitriles is 1. The molecule has 3 rings (SSSR count). The summed E-state index contributed by atoms with van der Waals surface area (Å²) in [5.41, 5.74) is 0.854. The minimum atomic E-state index is -3.94. The molecule has 0 atom stereocenters. The molecule has 0 unspecified atom stereocenters. The van der Waals surface area contributed by atoms with Gasteiger partial charge in [-0.25, -0.2) is 12.8 Å². The number of hydrogen-bond donors (Lipinski definition) is 2. The second kappa shape index (κ2) is 7.90. The third-order valence-electron chi connectivity index (χ3n) is 3.80. The van der Waals surface area contributed by atoms with Crippen LogP contribution in [0.4, 0.5) is 15.8 Å². The van der Waals surface area contributed by atoms with Crippen LogP contribution in [-0.2, 0) is 10.0 Å². The van der Waals surface area contributed by atoms with Crippen molar-refractivity contribution in [2.45, 2.75) is 4.90 Å². The van der Waals surface area contributed by atoms with E-state index in [0.717, 1.165) is 0 Å². The molecule has 6 nitrogen and oxygen atoms in total. The topological polar surface area (TPSA) is 99.1 Å². The molecule has 0 saturated carbocycles. The zero-order valence-corrected chi connectivity index (χ0v) is 15.2. The first-order valence-corrected chi connectivity index (χ1v) is 9.56. The van der Waals surface area contributed by atoms with Crippen molar-refractivity contribution in [1.29, 1.82) is 5.26 Å². The van der Waals surface area contributed by atoms with E-state index in [0.29, 0.717) is 0 Å². The number of nitrogens with one attached hydrogen (secondary N) is 2. The van der Waals surface area contributed by atoms with Gasteiger partial charge < -0.3 is 5.32 Å². The smallest absolute Gasteiger partial charge is 0.261 e. The van der Waals surface area contributed by atoms with Crippen molar-refractivity contribution in [3.63, 3.8) is 0 Å². The molecule has 0 aliphatic heterocycles. The number of nitrogens with zero attached hydrogens (tertiary/aromatic N) is 1. The zero-order valence-electron chi connectivity index (χ0n) is 14.4. The largest absolute Gasteiger partial charge is 0.322 e. The third-order valence-corrected chi connectivity index (χ3v) is 5.18. The standard InChI is InChI=1S/C20H14FN3O3S/c21-16-5-3-6-17(12-16)23-20(25)14-8-10-18(11-9-14)28(26,27)24-19-7-2-1-4-15(19)13-22/h1-12,24H,(H,23,25). The molecule has 28 heavy (non-hydrogen) atoms. The number of para-hydroxylation sites is 1. The van der Waals surface area contributed by atoms with Crippen molar-refractivity contribution >= 4 is 27.3 Å². The molecular weight excluding hydrogens is 381 g/mol. The molecule has 0 saturated heterocycles. The Labute approximate surface area is 161 Å². The van der Waals surface area contributed by atoms with Gasteiger partial charge in [-0.2, -0.15) is 5.26 Å². The fourth-order valence-corrected chi connectivity index (χ4v) is 3.51. The first-order chi connectivity index (χ1) is 13.4. The Morgan fingerprint density at radius 3 is 2.36 bits per heavy atom. The van der Waals surface area contributed by atoms with Gasteiger partial charge in [-0.3, -0.25) is 9.52 Å². The van der Waals surface area contributed by atoms with Crippen molar-refractivity contribution in [3.05, 3.63) is 89.7 Å². The minimum absolute atomic E-state index is 0.0671. The van der Waals surface area contributed by atoms with Crippen molar-refractivity contribution in [2.24, 2.45) is 0 Å². The van der Waals surface area contributed by atoms with E-state index in [1.807, 2.05) is 6.07 Å². The molecule has 0 aliphatic rings. The minimum Gasteiger partial charge on any atom is -0.322 e. The van der Waals surface area contributed by atoms with Gasteiger partial charge in [0, 0.05) is 11.3 Å². The van der Waals surface area contributed by atoms with Crippen LogP contribution in [0.15, 0.2) is 77.7 Å². The normalized spacial score (nSPS) is 10.7. The number of sulfonamides is 1. The second-order valence-electron chi connectivity index (χ2n) is 5.75. The van der Waals surface area contributed by atoms with Gasteiger partial charge in [0.15, 0.2) is 0 Å². The molecule has 2 N–H and O–H groups in total. The molecule has 140 valence electrons. The lowest BCUT2D eigenvalue weighted by atomic mass is 10.2. The maximum absolute atomic E-state index is 13.2. The Bertz CT molecular complexity index is 1170. The number of benzene rings is 3. The molecule has 0 radical (unpaired) electrons. The van der Waals surface area contributed by atoms with Crippen LogP contribution in [0.1, 0.15) is 15.9 Å². The summed E-state index contributed by atoms with van der Waals surface area (Å²) in [7, 11) is -3.94. The Balaban J connectivity index is 1.78. The van der Waals surface area contributed by atoms with E-state index < -0.39 is 21.7 Å². The number of carbonyl (C=O) groups is 1. The summed E-state index contributed by atoms with van der Waals surface area (Å²) in [6, 6.07) is 18.8. The first kappa shape index (κ1) is 19.1. The molecule has 3 aromatic carbocycles. The highest BCUT2D eigenvalue weighted by molar-refractivity contribution is 7.92. The molecule has 0 aromatic heterocycles. The van der Waals surface area contributed by atoms with Crippen LogP contribution in [0.25, 0.3) is 0 Å². The van der Waals surface area contributed by atoms with Crippen molar-refractivity contribution in [2.75, 3.05) is 10.0 Å². The third kappa shape index (κ3) is 4.34. The predicted octanol–water partition coefficient (Wildman–Crippen LogP) is 3.75. The van der Waals surface area contributed by atoms with Crippen molar-refractivity contribution < 1.29 is 17.6 Å². The van der Waals surface area contributed by atoms with Gasteiger partial charge in [-0.1, -0.05) is 18.2 Å². The molecule has 0 spiro atoms. The summed E-state index contributed by atoms with van der Waals surface area (Å²) in [5.74, 6) is -0.986. The highest BCUT2D eigenvalue weighted by Gasteiger charge is 2.17. The van der Waals surface area contributed by atoms with Crippen LogP contribution in [0, 0.1) is 17.1 Å². The molecule has 0 fully saturated rings. The summed E-state index contributed by atoms with van der Waals surface area (Å²) >= 11 is 0. The molecule has 1 amide bonds. The number of carbonyl (C=O) groups excluding carboxylic acids is 1. The van der Waals surface area contributed by atoms with Gasteiger partial charge in [-0.15, -0.1) is 0 Å². The Kier molecular flexibility index (Phi) is 5.38. The molecule has 8 heteroatoms. The summed E-state index contributed by atoms with van der Waals surface area (Å²) < 4.78 is 40.6. The average molecular weight is 395 g/mol. The lowest BCUT2D eigenvalue weighted by Crippen LogP contribution is -2.15. The van der Waals surface area contributed by atoms with E-state index in [1.54, 1.807) is 12.1 Å². The maximum Gasteiger partial charge on any atom is 0.261 e. The van der Waals surface area contributed by atoms with Gasteiger partial charge >= 0.3 is 0 Å². The lowest BCUT2D eigenvalue weighted by Gasteiger charge is -2.10. The summed E-state index contributed by atoms with van der Waals surface area (Å²) in [6.07, 6.45) is 0. The summed E-state index contributed by atoms with van der Waals surface area (Å²) in [6.45, 7) is 0. The molecule has 0 bridgehead atoms. The summed E-state index contributed by atoms with van der Waals surface area (Å²) in [4.78, 5) is 12.2. The quantitative estimate of drug-likeness (QED) is 0.687. The SMILES string of the molecule is N#Cc1ccccc1NS(=O)(=O)c1ccc(C(=O)Nc2cccc(F)c2)cc1. The zero-order chi connectivity index (χ0) is 20.1. The van der Waals surface area contributed by atoms with Gasteiger partial charge in [0.1, 0.15) is 11.9 Å². The van der Waals surface area contributed by atoms with E-state index >= 15 is 0 Å². The molecule has 0 aliphatic carbocycles. The van der Waals surface area contributed by atoms with Crippen LogP contribution < -0.4 is 10.0 Å². The van der Waals surface area contributed by atoms with Crippen LogP contribution in [0.3, 0.4) is 0 Å². The maximum atomic E-state index is 13.2. The fraction of sp³-hybridized carbons (Fsp3) is 0. The van der Waals surface area contributed by atoms with Gasteiger partial charge in [0.25, 0.3) is 15.9 Å². The van der Waals surface area contributed by atoms with Gasteiger partial charge in [-0.05, 0) is 54.6 Å². The van der Waals surface area contributed by atoms with Crippen LogP contribution in [0.5, 0.6) is 0 Å². The van der Waals surface area contributed by atoms with E-state index in [-0.39, 0.29) is 27.4 Å². The number of halogens is 1. The van der Waals surface area contributed by atoms with Gasteiger partial charge in [0.2, 0.25) is 0 Å². The summed E-state index contributed by atoms with van der Waals surface area (Å²) in [5, 5.41) is 11.6. The number of rotatable bonds is 5. The van der Waals surface area contributed by atoms with E-state index in [4.69, 9.17) is 5.26 Å². The van der Waals surface area contributed by atoms with Crippen LogP contribution in [-0.4, -0.2) is 14.3 Å². The highest BCUT2D eigenvalue weighted by Crippen LogP contribution is 2.20. The molecular formula is C20H14FN3O3S. The molecule has 3 aromatic rings. The first-order valence-electron chi connectivity index (χ1n) is 8.08. The molecule has 0 heterocycles. The van der Waals surface area contributed by atoms with E-state index in [1.165, 1.54) is 60.7 Å². The van der Waals surface area contributed by atoms with Crippen LogP contribution in [0.2, 0.25) is 0 Å². The highest BCUT2D eigenvalue weighted by atomic mass is 32.2. The van der Waals surface area contributed by atoms with Crippen molar-refractivity contribution in [1.82, 2.24) is 0 Å². The number of amides is 1. The van der Waals surface area contributed by atoms with Gasteiger partial charge in [0.05, 0.1) is 16.1 Å². The Morgan fingerprint density at radius 2 is 1.68 bits per heavy atom. The Hall–Kier alpha value is -3.70. The van der Waals surface area contributed by atoms with E-state index in [9.17, 15) is 17.6 Å². The fourth-order valence-electron chi connectivity index (χ4n) is 2.43. The predicted molar refractivity (Wildman–Crippen MR) is 103 cm³/mol. The Morgan fingerprint density at radius 1 is 0.964 bits per heavy atom. The van der Waals surface area contributed by atoms with E-state index in [2.05, 4.69) is 10.0 Å². The monoisotopic (exact) mass is 395 g/mol. The second-order valence-corrected chi connectivity index (χ2v) is 7.43. The van der Waals surface area contributed by atoms with Crippen molar-refractivity contribution in [3.8, 4) is 6.07 Å². The number of hydrogen-bond acceptors (Lipinski definition) is 4. The lowest BCUT2D eigenvalue weighted by molar-refractivity contribution is 0.102. The average Bonchev–Trinajstić information content (AvgIpc) is 2.68. The van der Waals surface area contributed by atoms with Crippen LogP contribution >= 0.6 is 0 Å².